The Hall–Kier alpha value is -1.62. The maximum absolute atomic E-state index is 11.9. The van der Waals surface area contributed by atoms with Gasteiger partial charge in [0.2, 0.25) is 0 Å². The Balaban J connectivity index is 2.45. The number of nitrogens with zero attached hydrogens (tertiary/aromatic N) is 1. The molecule has 2 aromatic rings. The summed E-state index contributed by atoms with van der Waals surface area (Å²) in [5, 5.41) is 0. The second-order valence-electron chi connectivity index (χ2n) is 4.61. The van der Waals surface area contributed by atoms with E-state index in [9.17, 15) is 4.79 Å². The first-order chi connectivity index (χ1) is 9.52. The number of rotatable bonds is 4. The highest BCUT2D eigenvalue weighted by Crippen LogP contribution is 2.27. The Labute approximate surface area is 126 Å². The Kier molecular flexibility index (Phi) is 4.60. The molecular formula is C15H16BrNO3. The van der Waals surface area contributed by atoms with Crippen molar-refractivity contribution >= 4 is 21.9 Å². The predicted molar refractivity (Wildman–Crippen MR) is 79.7 cm³/mol. The monoisotopic (exact) mass is 337 g/mol. The van der Waals surface area contributed by atoms with Crippen LogP contribution in [-0.2, 0) is 4.74 Å². The van der Waals surface area contributed by atoms with Gasteiger partial charge in [0.15, 0.2) is 10.4 Å². The average Bonchev–Trinajstić information content (AvgIpc) is 2.85. The molecule has 20 heavy (non-hydrogen) atoms. The fourth-order valence-electron chi connectivity index (χ4n) is 1.89. The molecule has 2 rings (SSSR count). The van der Waals surface area contributed by atoms with Gasteiger partial charge in [-0.05, 0) is 53.0 Å². The van der Waals surface area contributed by atoms with Crippen molar-refractivity contribution in [3.63, 3.8) is 0 Å². The Morgan fingerprint density at radius 3 is 2.65 bits per heavy atom. The van der Waals surface area contributed by atoms with E-state index in [-0.39, 0.29) is 11.9 Å². The first-order valence-corrected chi connectivity index (χ1v) is 7.26. The summed E-state index contributed by atoms with van der Waals surface area (Å²) in [5.41, 5.74) is 1.93. The largest absolute Gasteiger partial charge is 0.462 e. The second-order valence-corrected chi connectivity index (χ2v) is 5.39. The number of hydrogen-bond acceptors (Lipinski definition) is 4. The summed E-state index contributed by atoms with van der Waals surface area (Å²) < 4.78 is 11.2. The summed E-state index contributed by atoms with van der Waals surface area (Å²) in [4.78, 5) is 16.5. The Bertz CT molecular complexity index is 619. The molecule has 0 bridgehead atoms. The van der Waals surface area contributed by atoms with E-state index >= 15 is 0 Å². The molecule has 0 amide bonds. The van der Waals surface area contributed by atoms with Crippen molar-refractivity contribution < 1.29 is 13.9 Å². The van der Waals surface area contributed by atoms with Crippen molar-refractivity contribution in [3.8, 4) is 11.5 Å². The number of aromatic nitrogens is 1. The van der Waals surface area contributed by atoms with Crippen molar-refractivity contribution in [1.82, 2.24) is 4.98 Å². The SMILES string of the molecule is CCOC(=O)c1ccc(-c2ccc(Br)o2)nc1C(C)C. The van der Waals surface area contributed by atoms with Gasteiger partial charge in [-0.15, -0.1) is 0 Å². The van der Waals surface area contributed by atoms with Gasteiger partial charge in [0.1, 0.15) is 5.69 Å². The first kappa shape index (κ1) is 14.8. The van der Waals surface area contributed by atoms with Crippen molar-refractivity contribution in [2.75, 3.05) is 6.61 Å². The van der Waals surface area contributed by atoms with Crippen molar-refractivity contribution in [2.24, 2.45) is 0 Å². The normalized spacial score (nSPS) is 10.8. The third-order valence-corrected chi connectivity index (χ3v) is 3.22. The van der Waals surface area contributed by atoms with Gasteiger partial charge >= 0.3 is 5.97 Å². The molecule has 0 aliphatic carbocycles. The zero-order chi connectivity index (χ0) is 14.7. The van der Waals surface area contributed by atoms with E-state index in [1.54, 1.807) is 19.1 Å². The quantitative estimate of drug-likeness (QED) is 0.775. The van der Waals surface area contributed by atoms with E-state index in [1.165, 1.54) is 0 Å². The highest BCUT2D eigenvalue weighted by molar-refractivity contribution is 9.10. The summed E-state index contributed by atoms with van der Waals surface area (Å²) in [5.74, 6) is 0.442. The fraction of sp³-hybridized carbons (Fsp3) is 0.333. The summed E-state index contributed by atoms with van der Waals surface area (Å²) in [6.45, 7) is 6.12. The second kappa shape index (κ2) is 6.22. The molecule has 0 saturated heterocycles. The summed E-state index contributed by atoms with van der Waals surface area (Å²) >= 11 is 3.27. The Morgan fingerprint density at radius 1 is 1.35 bits per heavy atom. The molecule has 0 aliphatic heterocycles. The van der Waals surface area contributed by atoms with Crippen LogP contribution in [0.4, 0.5) is 0 Å². The van der Waals surface area contributed by atoms with Gasteiger partial charge in [0.25, 0.3) is 0 Å². The summed E-state index contributed by atoms with van der Waals surface area (Å²) in [6, 6.07) is 7.15. The smallest absolute Gasteiger partial charge is 0.339 e. The average molecular weight is 338 g/mol. The van der Waals surface area contributed by atoms with E-state index in [1.807, 2.05) is 26.0 Å². The fourth-order valence-corrected chi connectivity index (χ4v) is 2.19. The molecule has 0 radical (unpaired) electrons. The van der Waals surface area contributed by atoms with Crippen LogP contribution < -0.4 is 0 Å². The van der Waals surface area contributed by atoms with Gasteiger partial charge in [-0.2, -0.15) is 0 Å². The number of furan rings is 1. The van der Waals surface area contributed by atoms with E-state index in [0.717, 1.165) is 0 Å². The molecule has 0 N–H and O–H groups in total. The third kappa shape index (κ3) is 3.10. The van der Waals surface area contributed by atoms with Gasteiger partial charge in [0.05, 0.1) is 17.9 Å². The molecule has 106 valence electrons. The summed E-state index contributed by atoms with van der Waals surface area (Å²) in [6.07, 6.45) is 0. The highest BCUT2D eigenvalue weighted by atomic mass is 79.9. The topological polar surface area (TPSA) is 52.3 Å². The molecule has 0 aliphatic rings. The third-order valence-electron chi connectivity index (χ3n) is 2.79. The lowest BCUT2D eigenvalue weighted by atomic mass is 10.0. The lowest BCUT2D eigenvalue weighted by Crippen LogP contribution is -2.11. The number of esters is 1. The van der Waals surface area contributed by atoms with Crippen molar-refractivity contribution in [3.05, 3.63) is 40.2 Å². The maximum Gasteiger partial charge on any atom is 0.339 e. The van der Waals surface area contributed by atoms with Gasteiger partial charge in [-0.3, -0.25) is 0 Å². The summed E-state index contributed by atoms with van der Waals surface area (Å²) in [7, 11) is 0. The minimum absolute atomic E-state index is 0.118. The molecule has 5 heteroatoms. The van der Waals surface area contributed by atoms with Crippen LogP contribution >= 0.6 is 15.9 Å². The molecule has 2 aromatic heterocycles. The van der Waals surface area contributed by atoms with Gasteiger partial charge in [0, 0.05) is 0 Å². The number of pyridine rings is 1. The van der Waals surface area contributed by atoms with E-state index in [2.05, 4.69) is 20.9 Å². The molecule has 0 saturated carbocycles. The zero-order valence-corrected chi connectivity index (χ0v) is 13.2. The lowest BCUT2D eigenvalue weighted by Gasteiger charge is -2.12. The maximum atomic E-state index is 11.9. The lowest BCUT2D eigenvalue weighted by molar-refractivity contribution is 0.0524. The number of carbonyl (C=O) groups is 1. The predicted octanol–water partition coefficient (Wildman–Crippen LogP) is 4.40. The molecule has 0 unspecified atom stereocenters. The molecule has 4 nitrogen and oxygen atoms in total. The van der Waals surface area contributed by atoms with Crippen LogP contribution in [0.2, 0.25) is 0 Å². The van der Waals surface area contributed by atoms with Gasteiger partial charge in [-0.1, -0.05) is 13.8 Å². The zero-order valence-electron chi connectivity index (χ0n) is 11.6. The van der Waals surface area contributed by atoms with Crippen LogP contribution in [0.5, 0.6) is 0 Å². The highest BCUT2D eigenvalue weighted by Gasteiger charge is 2.18. The van der Waals surface area contributed by atoms with E-state index in [4.69, 9.17) is 9.15 Å². The minimum Gasteiger partial charge on any atom is -0.462 e. The van der Waals surface area contributed by atoms with Crippen molar-refractivity contribution in [1.29, 1.82) is 0 Å². The molecule has 0 aromatic carbocycles. The minimum atomic E-state index is -0.337. The van der Waals surface area contributed by atoms with E-state index in [0.29, 0.717) is 34.0 Å². The molecule has 0 atom stereocenters. The molecule has 0 fully saturated rings. The van der Waals surface area contributed by atoms with Crippen LogP contribution in [0.1, 0.15) is 42.7 Å². The van der Waals surface area contributed by atoms with E-state index < -0.39 is 0 Å². The van der Waals surface area contributed by atoms with Crippen LogP contribution in [0, 0.1) is 0 Å². The van der Waals surface area contributed by atoms with Gasteiger partial charge < -0.3 is 9.15 Å². The molecular weight excluding hydrogens is 322 g/mol. The molecule has 0 spiro atoms. The number of hydrogen-bond donors (Lipinski definition) is 0. The van der Waals surface area contributed by atoms with Crippen LogP contribution in [0.3, 0.4) is 0 Å². The standard InChI is InChI=1S/C15H16BrNO3/c1-4-19-15(18)10-5-6-11(17-14(10)9(2)3)12-7-8-13(16)20-12/h5-9H,4H2,1-3H3. The van der Waals surface area contributed by atoms with Crippen LogP contribution in [0.15, 0.2) is 33.4 Å². The van der Waals surface area contributed by atoms with Gasteiger partial charge in [-0.25, -0.2) is 9.78 Å². The van der Waals surface area contributed by atoms with Crippen molar-refractivity contribution in [2.45, 2.75) is 26.7 Å². The molecule has 2 heterocycles. The van der Waals surface area contributed by atoms with Crippen LogP contribution in [-0.4, -0.2) is 17.6 Å². The number of ether oxygens (including phenoxy) is 1. The first-order valence-electron chi connectivity index (χ1n) is 6.46. The van der Waals surface area contributed by atoms with Crippen LogP contribution in [0.25, 0.3) is 11.5 Å². The Morgan fingerprint density at radius 2 is 2.10 bits per heavy atom. The number of carbonyl (C=O) groups excluding carboxylic acids is 1. The number of halogens is 1.